The minimum atomic E-state index is 0.432. The second-order valence-corrected chi connectivity index (χ2v) is 6.38. The quantitative estimate of drug-likeness (QED) is 0.828. The summed E-state index contributed by atoms with van der Waals surface area (Å²) in [4.78, 5) is 0. The summed E-state index contributed by atoms with van der Waals surface area (Å²) >= 11 is 0. The van der Waals surface area contributed by atoms with E-state index < -0.39 is 0 Å². The van der Waals surface area contributed by atoms with E-state index in [1.54, 1.807) is 14.2 Å². The molecule has 1 N–H and O–H groups in total. The van der Waals surface area contributed by atoms with Crippen molar-refractivity contribution in [2.45, 2.75) is 38.6 Å². The van der Waals surface area contributed by atoms with Gasteiger partial charge in [0, 0.05) is 17.7 Å². The molecule has 2 fully saturated rings. The van der Waals surface area contributed by atoms with Gasteiger partial charge in [-0.15, -0.1) is 0 Å². The van der Waals surface area contributed by atoms with Gasteiger partial charge in [0.25, 0.3) is 0 Å². The Bertz CT molecular complexity index is 478. The standard InChI is InChI=1S/C18H27NO2/c1-4-10-19-18(17-13-6-5-7-14(13)17)15-9-8-12(20-2)11-16(15)21-3/h8-9,11,13-14,17-19H,4-7,10H2,1-3H3. The van der Waals surface area contributed by atoms with Crippen LogP contribution in [0.15, 0.2) is 18.2 Å². The van der Waals surface area contributed by atoms with E-state index in [0.29, 0.717) is 6.04 Å². The fourth-order valence-electron chi connectivity index (χ4n) is 4.20. The summed E-state index contributed by atoms with van der Waals surface area (Å²) in [6.45, 7) is 3.29. The molecule has 21 heavy (non-hydrogen) atoms. The zero-order chi connectivity index (χ0) is 14.8. The van der Waals surface area contributed by atoms with Gasteiger partial charge < -0.3 is 14.8 Å². The Labute approximate surface area is 128 Å². The smallest absolute Gasteiger partial charge is 0.127 e. The topological polar surface area (TPSA) is 30.5 Å². The van der Waals surface area contributed by atoms with Crippen LogP contribution in [0.4, 0.5) is 0 Å². The molecule has 0 aliphatic heterocycles. The molecule has 0 saturated heterocycles. The number of methoxy groups -OCH3 is 2. The number of ether oxygens (including phenoxy) is 2. The normalized spacial score (nSPS) is 28.0. The van der Waals surface area contributed by atoms with Crippen LogP contribution in [0, 0.1) is 17.8 Å². The lowest BCUT2D eigenvalue weighted by Crippen LogP contribution is -2.26. The Morgan fingerprint density at radius 2 is 1.95 bits per heavy atom. The summed E-state index contributed by atoms with van der Waals surface area (Å²) in [7, 11) is 3.45. The molecule has 3 rings (SSSR count). The van der Waals surface area contributed by atoms with Gasteiger partial charge in [0.05, 0.1) is 14.2 Å². The van der Waals surface area contributed by atoms with Gasteiger partial charge in [0.15, 0.2) is 0 Å². The maximum atomic E-state index is 5.63. The van der Waals surface area contributed by atoms with E-state index in [9.17, 15) is 0 Å². The van der Waals surface area contributed by atoms with Gasteiger partial charge in [-0.05, 0) is 49.6 Å². The third-order valence-electron chi connectivity index (χ3n) is 5.25. The van der Waals surface area contributed by atoms with Crippen LogP contribution in [0.2, 0.25) is 0 Å². The highest BCUT2D eigenvalue weighted by molar-refractivity contribution is 5.43. The molecule has 3 nitrogen and oxygen atoms in total. The monoisotopic (exact) mass is 289 g/mol. The molecule has 116 valence electrons. The summed E-state index contributed by atoms with van der Waals surface area (Å²) in [6, 6.07) is 6.67. The van der Waals surface area contributed by atoms with E-state index in [1.807, 2.05) is 6.07 Å². The summed E-state index contributed by atoms with van der Waals surface area (Å²) < 4.78 is 11.0. The lowest BCUT2D eigenvalue weighted by Gasteiger charge is -2.23. The molecule has 2 aliphatic rings. The summed E-state index contributed by atoms with van der Waals surface area (Å²) in [5.41, 5.74) is 1.30. The second kappa shape index (κ2) is 6.27. The maximum absolute atomic E-state index is 5.63. The van der Waals surface area contributed by atoms with Crippen molar-refractivity contribution in [2.75, 3.05) is 20.8 Å². The van der Waals surface area contributed by atoms with E-state index in [-0.39, 0.29) is 0 Å². The van der Waals surface area contributed by atoms with Gasteiger partial charge in [0.1, 0.15) is 11.5 Å². The molecular formula is C18H27NO2. The van der Waals surface area contributed by atoms with Gasteiger partial charge in [-0.1, -0.05) is 19.4 Å². The molecule has 0 amide bonds. The van der Waals surface area contributed by atoms with Crippen LogP contribution in [0.3, 0.4) is 0 Å². The Morgan fingerprint density at radius 1 is 1.19 bits per heavy atom. The van der Waals surface area contributed by atoms with Gasteiger partial charge >= 0.3 is 0 Å². The fraction of sp³-hybridized carbons (Fsp3) is 0.667. The van der Waals surface area contributed by atoms with Crippen LogP contribution in [-0.4, -0.2) is 20.8 Å². The SMILES string of the molecule is CCCNC(c1ccc(OC)cc1OC)C1C2CCCC21. The Kier molecular flexibility index (Phi) is 4.39. The Balaban J connectivity index is 1.85. The van der Waals surface area contributed by atoms with Crippen LogP contribution in [0.5, 0.6) is 11.5 Å². The molecule has 0 radical (unpaired) electrons. The molecular weight excluding hydrogens is 262 g/mol. The van der Waals surface area contributed by atoms with Crippen LogP contribution >= 0.6 is 0 Å². The average Bonchev–Trinajstić information content (AvgIpc) is 2.98. The molecule has 0 spiro atoms. The fourth-order valence-corrected chi connectivity index (χ4v) is 4.20. The molecule has 1 aromatic carbocycles. The molecule has 0 bridgehead atoms. The van der Waals surface area contributed by atoms with E-state index >= 15 is 0 Å². The van der Waals surface area contributed by atoms with E-state index in [2.05, 4.69) is 24.4 Å². The molecule has 3 unspecified atom stereocenters. The number of nitrogens with one attached hydrogen (secondary N) is 1. The van der Waals surface area contributed by atoms with Crippen LogP contribution < -0.4 is 14.8 Å². The van der Waals surface area contributed by atoms with Gasteiger partial charge in [-0.2, -0.15) is 0 Å². The van der Waals surface area contributed by atoms with Crippen molar-refractivity contribution >= 4 is 0 Å². The van der Waals surface area contributed by atoms with Crippen molar-refractivity contribution in [2.24, 2.45) is 17.8 Å². The highest BCUT2D eigenvalue weighted by atomic mass is 16.5. The molecule has 3 atom stereocenters. The lowest BCUT2D eigenvalue weighted by molar-refractivity contribution is 0.367. The molecule has 2 aliphatic carbocycles. The summed E-state index contributed by atoms with van der Waals surface area (Å²) in [5.74, 6) is 4.48. The van der Waals surface area contributed by atoms with Gasteiger partial charge in [-0.3, -0.25) is 0 Å². The van der Waals surface area contributed by atoms with Crippen LogP contribution in [0.1, 0.15) is 44.2 Å². The first kappa shape index (κ1) is 14.7. The van der Waals surface area contributed by atoms with E-state index in [1.165, 1.54) is 24.8 Å². The van der Waals surface area contributed by atoms with Crippen LogP contribution in [0.25, 0.3) is 0 Å². The van der Waals surface area contributed by atoms with Gasteiger partial charge in [0.2, 0.25) is 0 Å². The van der Waals surface area contributed by atoms with Crippen molar-refractivity contribution in [1.29, 1.82) is 0 Å². The van der Waals surface area contributed by atoms with Crippen molar-refractivity contribution in [3.05, 3.63) is 23.8 Å². The first-order chi connectivity index (χ1) is 10.3. The first-order valence-electron chi connectivity index (χ1n) is 8.25. The number of benzene rings is 1. The summed E-state index contributed by atoms with van der Waals surface area (Å²) in [5, 5.41) is 3.77. The molecule has 0 heterocycles. The van der Waals surface area contributed by atoms with E-state index in [0.717, 1.165) is 42.2 Å². The van der Waals surface area contributed by atoms with Crippen molar-refractivity contribution in [3.63, 3.8) is 0 Å². The zero-order valence-electron chi connectivity index (χ0n) is 13.4. The van der Waals surface area contributed by atoms with E-state index in [4.69, 9.17) is 9.47 Å². The molecule has 2 saturated carbocycles. The number of hydrogen-bond donors (Lipinski definition) is 1. The maximum Gasteiger partial charge on any atom is 0.127 e. The van der Waals surface area contributed by atoms with Gasteiger partial charge in [-0.25, -0.2) is 0 Å². The highest BCUT2D eigenvalue weighted by Gasteiger charge is 2.56. The predicted molar refractivity (Wildman–Crippen MR) is 84.9 cm³/mol. The molecule has 0 aromatic heterocycles. The second-order valence-electron chi connectivity index (χ2n) is 6.38. The zero-order valence-corrected chi connectivity index (χ0v) is 13.4. The summed E-state index contributed by atoms with van der Waals surface area (Å²) in [6.07, 6.45) is 5.42. The van der Waals surface area contributed by atoms with Crippen molar-refractivity contribution in [3.8, 4) is 11.5 Å². The number of fused-ring (bicyclic) bond motifs is 1. The minimum absolute atomic E-state index is 0.432. The minimum Gasteiger partial charge on any atom is -0.497 e. The third-order valence-corrected chi connectivity index (χ3v) is 5.25. The Hall–Kier alpha value is -1.22. The molecule has 1 aromatic rings. The average molecular weight is 289 g/mol. The van der Waals surface area contributed by atoms with Crippen LogP contribution in [-0.2, 0) is 0 Å². The Morgan fingerprint density at radius 3 is 2.57 bits per heavy atom. The van der Waals surface area contributed by atoms with Crippen molar-refractivity contribution in [1.82, 2.24) is 5.32 Å². The lowest BCUT2D eigenvalue weighted by atomic mass is 9.95. The highest BCUT2D eigenvalue weighted by Crippen LogP contribution is 2.62. The predicted octanol–water partition coefficient (Wildman–Crippen LogP) is 3.79. The van der Waals surface area contributed by atoms with Crippen molar-refractivity contribution < 1.29 is 9.47 Å². The number of hydrogen-bond acceptors (Lipinski definition) is 3. The molecule has 3 heteroatoms. The first-order valence-corrected chi connectivity index (χ1v) is 8.25. The number of rotatable bonds is 7. The third kappa shape index (κ3) is 2.76. The largest absolute Gasteiger partial charge is 0.497 e.